The summed E-state index contributed by atoms with van der Waals surface area (Å²) in [6.07, 6.45) is 3.24. The molecule has 6 aliphatic rings. The number of fused-ring (bicyclic) bond motifs is 7. The Bertz CT molecular complexity index is 1250. The summed E-state index contributed by atoms with van der Waals surface area (Å²) in [6.45, 7) is 10.6. The lowest BCUT2D eigenvalue weighted by atomic mass is 9.33. The summed E-state index contributed by atoms with van der Waals surface area (Å²) < 4.78 is 11.9. The van der Waals surface area contributed by atoms with Gasteiger partial charge in [-0.2, -0.15) is 0 Å². The van der Waals surface area contributed by atoms with E-state index in [4.69, 9.17) is 9.47 Å². The smallest absolute Gasteiger partial charge is 0.310 e. The van der Waals surface area contributed by atoms with Gasteiger partial charge in [0, 0.05) is 5.41 Å². The van der Waals surface area contributed by atoms with Crippen LogP contribution in [0.15, 0.2) is 11.6 Å². The van der Waals surface area contributed by atoms with Crippen LogP contribution in [-0.4, -0.2) is 86.5 Å². The minimum atomic E-state index is -1.39. The zero-order valence-corrected chi connectivity index (χ0v) is 27.5. The van der Waals surface area contributed by atoms with Crippen molar-refractivity contribution in [2.45, 2.75) is 130 Å². The molecule has 1 heterocycles. The van der Waals surface area contributed by atoms with Crippen LogP contribution in [0.3, 0.4) is 0 Å². The number of aliphatic hydroxyl groups excluding tert-OH is 4. The molecule has 45 heavy (non-hydrogen) atoms. The Morgan fingerprint density at radius 3 is 2.22 bits per heavy atom. The van der Waals surface area contributed by atoms with E-state index in [1.807, 2.05) is 0 Å². The minimum Gasteiger partial charge on any atom is -0.481 e. The van der Waals surface area contributed by atoms with Crippen molar-refractivity contribution in [2.75, 3.05) is 13.2 Å². The first kappa shape index (κ1) is 33.3. The Kier molecular flexibility index (Phi) is 7.95. The summed E-state index contributed by atoms with van der Waals surface area (Å²) in [5.74, 6) is -1.58. The van der Waals surface area contributed by atoms with Crippen molar-refractivity contribution in [3.63, 3.8) is 0 Å². The molecule has 254 valence electrons. The topological polar surface area (TPSA) is 174 Å². The van der Waals surface area contributed by atoms with Crippen LogP contribution in [0.4, 0.5) is 0 Å². The Hall–Kier alpha value is -1.56. The first-order chi connectivity index (χ1) is 20.9. The molecule has 0 spiro atoms. The van der Waals surface area contributed by atoms with Gasteiger partial charge >= 0.3 is 11.9 Å². The van der Waals surface area contributed by atoms with Crippen LogP contribution in [0.2, 0.25) is 0 Å². The number of ether oxygens (including phenoxy) is 2. The van der Waals surface area contributed by atoms with Gasteiger partial charge in [0.2, 0.25) is 0 Å². The lowest BCUT2D eigenvalue weighted by molar-refractivity contribution is -0.312. The number of carboxylic acid groups (broad SMARTS) is 2. The van der Waals surface area contributed by atoms with Crippen molar-refractivity contribution in [1.29, 1.82) is 0 Å². The number of aliphatic hydroxyl groups is 4. The van der Waals surface area contributed by atoms with Gasteiger partial charge < -0.3 is 40.1 Å². The number of allylic oxidation sites excluding steroid dienone is 2. The number of carboxylic acids is 2. The van der Waals surface area contributed by atoms with Gasteiger partial charge in [-0.25, -0.2) is 0 Å². The highest BCUT2D eigenvalue weighted by atomic mass is 16.7. The van der Waals surface area contributed by atoms with E-state index in [2.05, 4.69) is 33.8 Å². The van der Waals surface area contributed by atoms with Crippen LogP contribution in [0.5, 0.6) is 0 Å². The average molecular weight is 635 g/mol. The molecule has 6 N–H and O–H groups in total. The zero-order valence-electron chi connectivity index (χ0n) is 27.5. The second kappa shape index (κ2) is 10.7. The van der Waals surface area contributed by atoms with E-state index < -0.39 is 58.9 Å². The van der Waals surface area contributed by atoms with Crippen molar-refractivity contribution in [3.05, 3.63) is 11.6 Å². The number of hydrogen-bond acceptors (Lipinski definition) is 8. The third kappa shape index (κ3) is 4.41. The molecule has 0 unspecified atom stereocenters. The molecular formula is C35H54O10. The van der Waals surface area contributed by atoms with Gasteiger partial charge in [-0.05, 0) is 105 Å². The fourth-order valence-corrected chi connectivity index (χ4v) is 11.9. The highest BCUT2D eigenvalue weighted by Crippen LogP contribution is 2.76. The van der Waals surface area contributed by atoms with Gasteiger partial charge in [0.1, 0.15) is 18.3 Å². The first-order valence-corrected chi connectivity index (χ1v) is 17.0. The maximum Gasteiger partial charge on any atom is 0.310 e. The number of carbonyl (C=O) groups is 2. The average Bonchev–Trinajstić information content (AvgIpc) is 2.98. The predicted molar refractivity (Wildman–Crippen MR) is 163 cm³/mol. The molecule has 4 saturated carbocycles. The highest BCUT2D eigenvalue weighted by molar-refractivity contribution is 5.79. The number of hydrogen-bond donors (Lipinski definition) is 6. The van der Waals surface area contributed by atoms with E-state index in [9.17, 15) is 40.2 Å². The molecule has 5 aliphatic carbocycles. The van der Waals surface area contributed by atoms with Crippen LogP contribution in [0.1, 0.15) is 98.8 Å². The number of aliphatic carboxylic acids is 2. The van der Waals surface area contributed by atoms with Crippen LogP contribution in [-0.2, 0) is 19.1 Å². The largest absolute Gasteiger partial charge is 0.481 e. The molecule has 1 aliphatic heterocycles. The van der Waals surface area contributed by atoms with Gasteiger partial charge in [-0.3, -0.25) is 9.59 Å². The first-order valence-electron chi connectivity index (χ1n) is 17.0. The van der Waals surface area contributed by atoms with Crippen molar-refractivity contribution >= 4 is 11.9 Å². The Morgan fingerprint density at radius 2 is 1.58 bits per heavy atom. The maximum atomic E-state index is 12.9. The molecule has 5 fully saturated rings. The molecule has 0 aromatic rings. The Labute approximate surface area is 266 Å². The molecular weight excluding hydrogens is 580 g/mol. The molecule has 0 amide bonds. The Balaban J connectivity index is 1.33. The summed E-state index contributed by atoms with van der Waals surface area (Å²) >= 11 is 0. The van der Waals surface area contributed by atoms with Gasteiger partial charge in [-0.1, -0.05) is 39.3 Å². The molecule has 6 rings (SSSR count). The van der Waals surface area contributed by atoms with Crippen molar-refractivity contribution in [2.24, 2.45) is 50.2 Å². The fraction of sp³-hybridized carbons (Fsp3) is 0.886. The molecule has 10 heteroatoms. The normalized spacial score (nSPS) is 54.5. The minimum absolute atomic E-state index is 0.105. The lowest BCUT2D eigenvalue weighted by Gasteiger charge is -2.71. The molecule has 0 bridgehead atoms. The molecule has 10 nitrogen and oxygen atoms in total. The predicted octanol–water partition coefficient (Wildman–Crippen LogP) is 3.73. The summed E-state index contributed by atoms with van der Waals surface area (Å²) in [4.78, 5) is 25.3. The van der Waals surface area contributed by atoms with Gasteiger partial charge in [0.15, 0.2) is 6.29 Å². The fourth-order valence-electron chi connectivity index (χ4n) is 11.9. The second-order valence-electron chi connectivity index (χ2n) is 17.0. The van der Waals surface area contributed by atoms with Gasteiger partial charge in [0.25, 0.3) is 0 Å². The van der Waals surface area contributed by atoms with Crippen molar-refractivity contribution in [1.82, 2.24) is 0 Å². The maximum absolute atomic E-state index is 12.9. The summed E-state index contributed by atoms with van der Waals surface area (Å²) in [5.41, 5.74) is -1.92. The standard InChI is InChI=1S/C35H54O10/c1-30(28(40)41)12-14-35(29(42)43)15-13-33(4)19(20(35)16-30)6-7-23-31(2)10-9-24(45-27-26(39)25(38)21(37)17-44-27)32(3,18-36)22(31)8-11-34(23,33)5/h6,20-27,36-39H,7-18H2,1-5H3,(H,40,41)(H,42,43)/t20-,21-,22+,23+,24-,25-,26+,27-,30-,31-,32+,33+,34+,35-/m0/s1. The molecule has 0 aromatic heterocycles. The lowest BCUT2D eigenvalue weighted by Crippen LogP contribution is -2.66. The summed E-state index contributed by atoms with van der Waals surface area (Å²) in [7, 11) is 0. The molecule has 0 aromatic carbocycles. The van der Waals surface area contributed by atoms with E-state index in [-0.39, 0.29) is 47.2 Å². The van der Waals surface area contributed by atoms with Crippen molar-refractivity contribution < 1.29 is 49.7 Å². The quantitative estimate of drug-likeness (QED) is 0.193. The second-order valence-corrected chi connectivity index (χ2v) is 17.0. The monoisotopic (exact) mass is 634 g/mol. The van der Waals surface area contributed by atoms with Gasteiger partial charge in [0.05, 0.1) is 30.1 Å². The van der Waals surface area contributed by atoms with Crippen LogP contribution in [0, 0.1) is 50.2 Å². The van der Waals surface area contributed by atoms with Gasteiger partial charge in [-0.15, -0.1) is 0 Å². The molecule has 0 radical (unpaired) electrons. The molecule has 14 atom stereocenters. The number of rotatable bonds is 5. The van der Waals surface area contributed by atoms with Crippen LogP contribution < -0.4 is 0 Å². The highest BCUT2D eigenvalue weighted by Gasteiger charge is 2.70. The van der Waals surface area contributed by atoms with Crippen molar-refractivity contribution in [3.8, 4) is 0 Å². The van der Waals surface area contributed by atoms with E-state index in [0.717, 1.165) is 37.7 Å². The Morgan fingerprint density at radius 1 is 0.889 bits per heavy atom. The third-order valence-electron chi connectivity index (χ3n) is 15.2. The van der Waals surface area contributed by atoms with Crippen LogP contribution >= 0.6 is 0 Å². The van der Waals surface area contributed by atoms with E-state index in [1.54, 1.807) is 6.92 Å². The third-order valence-corrected chi connectivity index (χ3v) is 15.2. The van der Waals surface area contributed by atoms with E-state index >= 15 is 0 Å². The van der Waals surface area contributed by atoms with Crippen LogP contribution in [0.25, 0.3) is 0 Å². The summed E-state index contributed by atoms with van der Waals surface area (Å²) in [6, 6.07) is 0. The SMILES string of the molecule is C[C@]1(C(=O)O)CC[C@]2(C(=O)O)CC[C@]3(C)C(=CC[C@@H]4[C@@]5(C)CC[C@H](O[C@@H]6OC[C@H](O)[C@H](O)[C@H]6O)[C@](C)(CO)[C@@H]5CC[C@]43C)[C@@H]2C1. The zero-order chi connectivity index (χ0) is 33.0. The molecule has 1 saturated heterocycles. The summed E-state index contributed by atoms with van der Waals surface area (Å²) in [5, 5.41) is 62.5. The van der Waals surface area contributed by atoms with E-state index in [1.165, 1.54) is 0 Å². The van der Waals surface area contributed by atoms with E-state index in [0.29, 0.717) is 32.1 Å².